The number of nitrogens with two attached hydrogens (primary N) is 1. The molecule has 122 valence electrons. The van der Waals surface area contributed by atoms with Crippen LogP contribution in [0.2, 0.25) is 0 Å². The Bertz CT molecular complexity index is 694. The van der Waals surface area contributed by atoms with Crippen LogP contribution in [0.15, 0.2) is 24.3 Å². The van der Waals surface area contributed by atoms with Crippen LogP contribution in [-0.4, -0.2) is 45.1 Å². The van der Waals surface area contributed by atoms with Gasteiger partial charge in [-0.25, -0.2) is 4.98 Å². The lowest BCUT2D eigenvalue weighted by atomic mass is 9.92. The number of aromatic amines is 1. The molecule has 0 radical (unpaired) electrons. The number of amides is 1. The fourth-order valence-corrected chi connectivity index (χ4v) is 3.07. The molecule has 1 saturated heterocycles. The molecular formula is C17H23N5O. The first-order chi connectivity index (χ1) is 11.0. The molecular weight excluding hydrogens is 290 g/mol. The van der Waals surface area contributed by atoms with Gasteiger partial charge in [0, 0.05) is 30.3 Å². The summed E-state index contributed by atoms with van der Waals surface area (Å²) in [5.74, 6) is 1.81. The van der Waals surface area contributed by atoms with Crippen LogP contribution in [0.1, 0.15) is 35.9 Å². The average Bonchev–Trinajstić information content (AvgIpc) is 3.01. The summed E-state index contributed by atoms with van der Waals surface area (Å²) in [4.78, 5) is 19.0. The van der Waals surface area contributed by atoms with E-state index < -0.39 is 0 Å². The Morgan fingerprint density at radius 2 is 2.30 bits per heavy atom. The van der Waals surface area contributed by atoms with Crippen molar-refractivity contribution in [2.24, 2.45) is 11.7 Å². The number of aryl methyl sites for hydroxylation is 1. The van der Waals surface area contributed by atoms with Gasteiger partial charge in [0.15, 0.2) is 5.82 Å². The number of aromatic nitrogens is 3. The number of rotatable bonds is 3. The number of benzene rings is 1. The third kappa shape index (κ3) is 3.42. The summed E-state index contributed by atoms with van der Waals surface area (Å²) < 4.78 is 0. The van der Waals surface area contributed by atoms with Crippen molar-refractivity contribution in [1.29, 1.82) is 0 Å². The Hall–Kier alpha value is -2.21. The minimum Gasteiger partial charge on any atom is -0.338 e. The van der Waals surface area contributed by atoms with Gasteiger partial charge >= 0.3 is 0 Å². The van der Waals surface area contributed by atoms with Gasteiger partial charge in [-0.3, -0.25) is 9.89 Å². The number of carbonyl (C=O) groups excluding carboxylic acids is 1. The van der Waals surface area contributed by atoms with E-state index in [1.165, 1.54) is 0 Å². The first-order valence-electron chi connectivity index (χ1n) is 8.09. The molecule has 1 fully saturated rings. The lowest BCUT2D eigenvalue weighted by Crippen LogP contribution is -2.45. The molecule has 1 aromatic heterocycles. The Morgan fingerprint density at radius 3 is 3.00 bits per heavy atom. The van der Waals surface area contributed by atoms with Crippen molar-refractivity contribution in [2.75, 3.05) is 13.1 Å². The zero-order valence-electron chi connectivity index (χ0n) is 13.6. The van der Waals surface area contributed by atoms with E-state index in [1.807, 2.05) is 43.0 Å². The molecule has 1 aliphatic heterocycles. The smallest absolute Gasteiger partial charge is 0.253 e. The Kier molecular flexibility index (Phi) is 4.43. The zero-order chi connectivity index (χ0) is 16.4. The van der Waals surface area contributed by atoms with E-state index in [0.717, 1.165) is 37.3 Å². The van der Waals surface area contributed by atoms with E-state index in [0.29, 0.717) is 17.3 Å². The lowest BCUT2D eigenvalue weighted by molar-refractivity contribution is 0.0661. The van der Waals surface area contributed by atoms with Crippen molar-refractivity contribution in [2.45, 2.75) is 32.7 Å². The number of H-pyrrole nitrogens is 1. The lowest BCUT2D eigenvalue weighted by Gasteiger charge is -2.34. The minimum atomic E-state index is 0.0597. The maximum absolute atomic E-state index is 12.8. The van der Waals surface area contributed by atoms with E-state index in [2.05, 4.69) is 15.2 Å². The summed E-state index contributed by atoms with van der Waals surface area (Å²) >= 11 is 0. The van der Waals surface area contributed by atoms with Crippen LogP contribution in [0.5, 0.6) is 0 Å². The van der Waals surface area contributed by atoms with Crippen molar-refractivity contribution in [3.63, 3.8) is 0 Å². The van der Waals surface area contributed by atoms with Gasteiger partial charge in [0.05, 0.1) is 0 Å². The van der Waals surface area contributed by atoms with Gasteiger partial charge in [-0.15, -0.1) is 0 Å². The topological polar surface area (TPSA) is 87.9 Å². The quantitative estimate of drug-likeness (QED) is 0.907. The third-order valence-corrected chi connectivity index (χ3v) is 4.45. The highest BCUT2D eigenvalue weighted by molar-refractivity contribution is 5.95. The highest BCUT2D eigenvalue weighted by Crippen LogP contribution is 2.22. The monoisotopic (exact) mass is 313 g/mol. The van der Waals surface area contributed by atoms with Crippen LogP contribution in [-0.2, 0) is 0 Å². The molecule has 1 amide bonds. The van der Waals surface area contributed by atoms with Gasteiger partial charge < -0.3 is 10.6 Å². The normalized spacial score (nSPS) is 19.6. The number of likely N-dealkylation sites (tertiary alicyclic amines) is 1. The molecule has 2 aromatic rings. The fraction of sp³-hybridized carbons (Fsp3) is 0.471. The maximum Gasteiger partial charge on any atom is 0.253 e. The molecule has 6 heteroatoms. The van der Waals surface area contributed by atoms with E-state index in [1.54, 1.807) is 0 Å². The predicted octanol–water partition coefficient (Wildman–Crippen LogP) is 1.98. The fourth-order valence-electron chi connectivity index (χ4n) is 3.07. The number of carbonyl (C=O) groups is 1. The van der Waals surface area contributed by atoms with Gasteiger partial charge in [-0.1, -0.05) is 12.1 Å². The summed E-state index contributed by atoms with van der Waals surface area (Å²) in [6.45, 7) is 5.41. The van der Waals surface area contributed by atoms with Crippen LogP contribution in [0, 0.1) is 12.8 Å². The zero-order valence-corrected chi connectivity index (χ0v) is 13.6. The highest BCUT2D eigenvalue weighted by atomic mass is 16.2. The van der Waals surface area contributed by atoms with Crippen LogP contribution in [0.4, 0.5) is 0 Å². The van der Waals surface area contributed by atoms with E-state index in [-0.39, 0.29) is 11.9 Å². The van der Waals surface area contributed by atoms with Gasteiger partial charge in [-0.2, -0.15) is 5.10 Å². The number of hydrogen-bond acceptors (Lipinski definition) is 4. The standard InChI is InChI=1S/C17H23N5O/c1-11(18)15-7-4-8-22(10-15)17(23)14-6-3-5-13(9-14)16-19-12(2)20-21-16/h3,5-6,9,11,15H,4,7-8,10,18H2,1-2H3,(H,19,20,21)/t11-,15+/m1/s1. The van der Waals surface area contributed by atoms with E-state index in [4.69, 9.17) is 5.73 Å². The van der Waals surface area contributed by atoms with Crippen molar-refractivity contribution in [3.05, 3.63) is 35.7 Å². The maximum atomic E-state index is 12.8. The van der Waals surface area contributed by atoms with Gasteiger partial charge in [-0.05, 0) is 44.7 Å². The second kappa shape index (κ2) is 6.50. The Morgan fingerprint density at radius 1 is 1.48 bits per heavy atom. The SMILES string of the molecule is Cc1nc(-c2cccc(C(=O)N3CCC[C@H]([C@@H](C)N)C3)c2)n[nH]1. The molecule has 0 bridgehead atoms. The minimum absolute atomic E-state index is 0.0597. The molecule has 2 heterocycles. The summed E-state index contributed by atoms with van der Waals surface area (Å²) in [5.41, 5.74) is 7.54. The Balaban J connectivity index is 1.80. The van der Waals surface area contributed by atoms with Gasteiger partial charge in [0.25, 0.3) is 5.91 Å². The first kappa shape index (κ1) is 15.7. The van der Waals surface area contributed by atoms with Crippen LogP contribution in [0.3, 0.4) is 0 Å². The summed E-state index contributed by atoms with van der Waals surface area (Å²) in [5, 5.41) is 6.98. The predicted molar refractivity (Wildman–Crippen MR) is 88.8 cm³/mol. The summed E-state index contributed by atoms with van der Waals surface area (Å²) in [7, 11) is 0. The van der Waals surface area contributed by atoms with Crippen LogP contribution >= 0.6 is 0 Å². The molecule has 3 N–H and O–H groups in total. The van der Waals surface area contributed by atoms with Gasteiger partial charge in [0.2, 0.25) is 0 Å². The van der Waals surface area contributed by atoms with Crippen molar-refractivity contribution in [3.8, 4) is 11.4 Å². The molecule has 0 aliphatic carbocycles. The molecule has 3 rings (SSSR count). The van der Waals surface area contributed by atoms with Crippen LogP contribution in [0.25, 0.3) is 11.4 Å². The largest absolute Gasteiger partial charge is 0.338 e. The van der Waals surface area contributed by atoms with E-state index in [9.17, 15) is 4.79 Å². The molecule has 0 spiro atoms. The number of piperidine rings is 1. The van der Waals surface area contributed by atoms with Gasteiger partial charge in [0.1, 0.15) is 5.82 Å². The van der Waals surface area contributed by atoms with Crippen LogP contribution < -0.4 is 5.73 Å². The second-order valence-corrected chi connectivity index (χ2v) is 6.34. The molecule has 23 heavy (non-hydrogen) atoms. The van der Waals surface area contributed by atoms with E-state index >= 15 is 0 Å². The van der Waals surface area contributed by atoms with Crippen molar-refractivity contribution < 1.29 is 4.79 Å². The summed E-state index contributed by atoms with van der Waals surface area (Å²) in [6, 6.07) is 7.62. The number of hydrogen-bond donors (Lipinski definition) is 2. The summed E-state index contributed by atoms with van der Waals surface area (Å²) in [6.07, 6.45) is 2.11. The highest BCUT2D eigenvalue weighted by Gasteiger charge is 2.26. The molecule has 0 saturated carbocycles. The molecule has 0 unspecified atom stereocenters. The molecule has 1 aliphatic rings. The molecule has 2 atom stereocenters. The average molecular weight is 313 g/mol. The van der Waals surface area contributed by atoms with Crippen molar-refractivity contribution in [1.82, 2.24) is 20.1 Å². The Labute approximate surface area is 136 Å². The molecule has 1 aromatic carbocycles. The number of nitrogens with one attached hydrogen (secondary N) is 1. The third-order valence-electron chi connectivity index (χ3n) is 4.45. The van der Waals surface area contributed by atoms with Crippen molar-refractivity contribution >= 4 is 5.91 Å². The second-order valence-electron chi connectivity index (χ2n) is 6.34. The first-order valence-corrected chi connectivity index (χ1v) is 8.09. The molecule has 6 nitrogen and oxygen atoms in total. The number of nitrogens with zero attached hydrogens (tertiary/aromatic N) is 3.